The Balaban J connectivity index is 1.77. The van der Waals surface area contributed by atoms with E-state index in [1.165, 1.54) is 17.7 Å². The van der Waals surface area contributed by atoms with Gasteiger partial charge in [0.15, 0.2) is 5.16 Å². The Kier molecular flexibility index (Phi) is 5.87. The van der Waals surface area contributed by atoms with Crippen LogP contribution < -0.4 is 0 Å². The van der Waals surface area contributed by atoms with Gasteiger partial charge in [0.2, 0.25) is 0 Å². The molecule has 0 amide bonds. The summed E-state index contributed by atoms with van der Waals surface area (Å²) < 4.78 is 15.2. The second-order valence-electron chi connectivity index (χ2n) is 6.48. The van der Waals surface area contributed by atoms with E-state index < -0.39 is 0 Å². The summed E-state index contributed by atoms with van der Waals surface area (Å²) in [5.74, 6) is 2.04. The van der Waals surface area contributed by atoms with Gasteiger partial charge in [0, 0.05) is 18.7 Å². The number of hydrogen-bond donors (Lipinski definition) is 0. The molecule has 0 unspecified atom stereocenters. The summed E-state index contributed by atoms with van der Waals surface area (Å²) in [6.45, 7) is 5.28. The number of nitrogens with zero attached hydrogens (tertiary/aromatic N) is 3. The van der Waals surface area contributed by atoms with Crippen molar-refractivity contribution < 1.29 is 4.39 Å². The highest BCUT2D eigenvalue weighted by Gasteiger charge is 2.14. The van der Waals surface area contributed by atoms with Gasteiger partial charge in [-0.1, -0.05) is 68.1 Å². The molecule has 3 nitrogen and oxygen atoms in total. The zero-order valence-corrected chi connectivity index (χ0v) is 15.3. The normalized spacial score (nSPS) is 11.2. The zero-order valence-electron chi connectivity index (χ0n) is 14.5. The lowest BCUT2D eigenvalue weighted by Crippen LogP contribution is -2.10. The molecule has 0 bridgehead atoms. The van der Waals surface area contributed by atoms with Gasteiger partial charge in [0.05, 0.1) is 0 Å². The van der Waals surface area contributed by atoms with Crippen LogP contribution >= 0.6 is 11.8 Å². The molecule has 0 saturated carbocycles. The Morgan fingerprint density at radius 3 is 2.36 bits per heavy atom. The quantitative estimate of drug-likeness (QED) is 0.562. The van der Waals surface area contributed by atoms with E-state index >= 15 is 0 Å². The van der Waals surface area contributed by atoms with Gasteiger partial charge in [-0.25, -0.2) is 4.39 Å². The predicted octanol–water partition coefficient (Wildman–Crippen LogP) is 4.96. The molecule has 0 aliphatic rings. The average Bonchev–Trinajstić information content (AvgIpc) is 2.96. The number of halogens is 1. The maximum absolute atomic E-state index is 13.0. The molecule has 0 aliphatic heterocycles. The first-order chi connectivity index (χ1) is 12.1. The van der Waals surface area contributed by atoms with E-state index in [0.717, 1.165) is 35.3 Å². The highest BCUT2D eigenvalue weighted by atomic mass is 32.2. The van der Waals surface area contributed by atoms with Crippen LogP contribution in [0.15, 0.2) is 59.8 Å². The topological polar surface area (TPSA) is 30.7 Å². The molecule has 2 aromatic carbocycles. The molecular formula is C20H22FN3S. The monoisotopic (exact) mass is 355 g/mol. The maximum atomic E-state index is 13.0. The Labute approximate surface area is 152 Å². The molecule has 0 spiro atoms. The van der Waals surface area contributed by atoms with E-state index in [2.05, 4.69) is 40.7 Å². The van der Waals surface area contributed by atoms with Gasteiger partial charge in [-0.2, -0.15) is 0 Å². The van der Waals surface area contributed by atoms with E-state index in [-0.39, 0.29) is 5.82 Å². The third kappa shape index (κ3) is 4.92. The van der Waals surface area contributed by atoms with E-state index in [1.807, 2.05) is 30.3 Å². The molecule has 0 radical (unpaired) electrons. The minimum Gasteiger partial charge on any atom is -0.305 e. The number of rotatable bonds is 7. The fourth-order valence-electron chi connectivity index (χ4n) is 2.61. The first-order valence-electron chi connectivity index (χ1n) is 8.45. The van der Waals surface area contributed by atoms with Gasteiger partial charge in [-0.05, 0) is 29.2 Å². The summed E-state index contributed by atoms with van der Waals surface area (Å²) in [7, 11) is 0. The molecule has 0 aliphatic carbocycles. The number of thioether (sulfide) groups is 1. The van der Waals surface area contributed by atoms with Gasteiger partial charge in [0.1, 0.15) is 11.6 Å². The van der Waals surface area contributed by atoms with Crippen LogP contribution in [0.3, 0.4) is 0 Å². The Hall–Kier alpha value is -2.14. The molecular weight excluding hydrogens is 333 g/mol. The lowest BCUT2D eigenvalue weighted by molar-refractivity contribution is 0.482. The van der Waals surface area contributed by atoms with Crippen molar-refractivity contribution in [3.8, 4) is 0 Å². The van der Waals surface area contributed by atoms with Crippen LogP contribution in [0, 0.1) is 11.7 Å². The summed E-state index contributed by atoms with van der Waals surface area (Å²) in [5, 5.41) is 9.74. The molecule has 0 atom stereocenters. The predicted molar refractivity (Wildman–Crippen MR) is 100 cm³/mol. The van der Waals surface area contributed by atoms with Crippen LogP contribution in [0.5, 0.6) is 0 Å². The third-order valence-electron chi connectivity index (χ3n) is 3.83. The van der Waals surface area contributed by atoms with Crippen molar-refractivity contribution in [1.29, 1.82) is 0 Å². The van der Waals surface area contributed by atoms with Crippen molar-refractivity contribution in [2.75, 3.05) is 0 Å². The van der Waals surface area contributed by atoms with E-state index in [0.29, 0.717) is 5.92 Å². The van der Waals surface area contributed by atoms with Crippen molar-refractivity contribution in [2.45, 2.75) is 37.7 Å². The molecule has 130 valence electrons. The van der Waals surface area contributed by atoms with Crippen molar-refractivity contribution >= 4 is 11.8 Å². The van der Waals surface area contributed by atoms with Crippen LogP contribution in [0.1, 0.15) is 30.8 Å². The standard InChI is InChI=1S/C20H22FN3S/c1-15(2)13-24-19(12-16-6-4-3-5-7-16)22-23-20(24)25-14-17-8-10-18(21)11-9-17/h3-11,15H,12-14H2,1-2H3. The lowest BCUT2D eigenvalue weighted by Gasteiger charge is -2.12. The van der Waals surface area contributed by atoms with Crippen molar-refractivity contribution in [3.63, 3.8) is 0 Å². The first-order valence-corrected chi connectivity index (χ1v) is 9.43. The molecule has 25 heavy (non-hydrogen) atoms. The second kappa shape index (κ2) is 8.30. The zero-order chi connectivity index (χ0) is 17.6. The number of benzene rings is 2. The molecule has 0 N–H and O–H groups in total. The molecule has 1 aromatic heterocycles. The fourth-order valence-corrected chi connectivity index (χ4v) is 3.53. The summed E-state index contributed by atoms with van der Waals surface area (Å²) in [4.78, 5) is 0. The van der Waals surface area contributed by atoms with Crippen LogP contribution in [0.4, 0.5) is 4.39 Å². The molecule has 3 aromatic rings. The average molecular weight is 355 g/mol. The van der Waals surface area contributed by atoms with Crippen LogP contribution in [0.25, 0.3) is 0 Å². The molecule has 0 saturated heterocycles. The molecule has 0 fully saturated rings. The van der Waals surface area contributed by atoms with Gasteiger partial charge in [-0.15, -0.1) is 10.2 Å². The van der Waals surface area contributed by atoms with Gasteiger partial charge < -0.3 is 4.57 Å². The van der Waals surface area contributed by atoms with Crippen LogP contribution in [0.2, 0.25) is 0 Å². The Morgan fingerprint density at radius 1 is 0.960 bits per heavy atom. The Morgan fingerprint density at radius 2 is 1.68 bits per heavy atom. The van der Waals surface area contributed by atoms with Crippen LogP contribution in [-0.2, 0) is 18.7 Å². The van der Waals surface area contributed by atoms with E-state index in [1.54, 1.807) is 11.8 Å². The summed E-state index contributed by atoms with van der Waals surface area (Å²) in [5.41, 5.74) is 2.31. The van der Waals surface area contributed by atoms with Crippen molar-refractivity contribution in [2.24, 2.45) is 5.92 Å². The van der Waals surface area contributed by atoms with Crippen molar-refractivity contribution in [3.05, 3.63) is 77.4 Å². The number of hydrogen-bond acceptors (Lipinski definition) is 3. The SMILES string of the molecule is CC(C)Cn1c(Cc2ccccc2)nnc1SCc1ccc(F)cc1. The fraction of sp³-hybridized carbons (Fsp3) is 0.300. The van der Waals surface area contributed by atoms with Gasteiger partial charge in [-0.3, -0.25) is 0 Å². The summed E-state index contributed by atoms with van der Waals surface area (Å²) in [6, 6.07) is 17.0. The minimum absolute atomic E-state index is 0.207. The molecule has 5 heteroatoms. The summed E-state index contributed by atoms with van der Waals surface area (Å²) in [6.07, 6.45) is 0.775. The maximum Gasteiger partial charge on any atom is 0.191 e. The highest BCUT2D eigenvalue weighted by Crippen LogP contribution is 2.24. The van der Waals surface area contributed by atoms with Gasteiger partial charge >= 0.3 is 0 Å². The smallest absolute Gasteiger partial charge is 0.191 e. The first kappa shape index (κ1) is 17.7. The van der Waals surface area contributed by atoms with Crippen LogP contribution in [-0.4, -0.2) is 14.8 Å². The highest BCUT2D eigenvalue weighted by molar-refractivity contribution is 7.98. The van der Waals surface area contributed by atoms with Crippen molar-refractivity contribution in [1.82, 2.24) is 14.8 Å². The van der Waals surface area contributed by atoms with E-state index in [4.69, 9.17) is 0 Å². The van der Waals surface area contributed by atoms with E-state index in [9.17, 15) is 4.39 Å². The lowest BCUT2D eigenvalue weighted by atomic mass is 10.1. The second-order valence-corrected chi connectivity index (χ2v) is 7.42. The summed E-state index contributed by atoms with van der Waals surface area (Å²) >= 11 is 1.65. The number of aromatic nitrogens is 3. The largest absolute Gasteiger partial charge is 0.305 e. The Bertz CT molecular complexity index is 798. The minimum atomic E-state index is -0.207. The third-order valence-corrected chi connectivity index (χ3v) is 4.87. The molecule has 1 heterocycles. The van der Waals surface area contributed by atoms with Gasteiger partial charge in [0.25, 0.3) is 0 Å². The molecule has 3 rings (SSSR count).